The number of carboxylic acid groups (broad SMARTS) is 1. The largest absolute Gasteiger partial charge is 0.475 e. The molecule has 2 amide bonds. The molecule has 4 rings (SSSR count). The fourth-order valence-electron chi connectivity index (χ4n) is 4.66. The van der Waals surface area contributed by atoms with E-state index in [1.165, 1.54) is 18.0 Å². The van der Waals surface area contributed by atoms with Crippen molar-refractivity contribution in [2.75, 3.05) is 25.5 Å². The van der Waals surface area contributed by atoms with E-state index in [1.807, 2.05) is 6.07 Å². The molecular weight excluding hydrogens is 370 g/mol. The second kappa shape index (κ2) is 7.11. The Labute approximate surface area is 169 Å². The summed E-state index contributed by atoms with van der Waals surface area (Å²) in [4.78, 5) is 35.2. The number of hydrogen-bond acceptors (Lipinski definition) is 5. The highest BCUT2D eigenvalue weighted by Gasteiger charge is 2.50. The number of rotatable bonds is 4. The van der Waals surface area contributed by atoms with Gasteiger partial charge in [-0.15, -0.1) is 0 Å². The number of carbonyl (C=O) groups is 2. The first-order valence-electron chi connectivity index (χ1n) is 9.73. The van der Waals surface area contributed by atoms with Crippen LogP contribution in [0.1, 0.15) is 41.9 Å². The molecule has 1 spiro atoms. The first kappa shape index (κ1) is 19.3. The van der Waals surface area contributed by atoms with Crippen molar-refractivity contribution in [3.63, 3.8) is 0 Å². The lowest BCUT2D eigenvalue weighted by Gasteiger charge is -2.48. The normalized spacial score (nSPS) is 26.7. The van der Waals surface area contributed by atoms with Crippen molar-refractivity contribution in [1.82, 2.24) is 20.2 Å². The lowest BCUT2D eigenvalue weighted by Crippen LogP contribution is -2.54. The zero-order valence-corrected chi connectivity index (χ0v) is 16.6. The van der Waals surface area contributed by atoms with E-state index in [9.17, 15) is 9.59 Å². The van der Waals surface area contributed by atoms with Crippen molar-refractivity contribution in [2.45, 2.75) is 36.8 Å². The molecule has 1 aliphatic carbocycles. The number of nitrogens with one attached hydrogen (secondary N) is 1. The van der Waals surface area contributed by atoms with Gasteiger partial charge in [0.2, 0.25) is 5.82 Å². The number of carboxylic acids is 1. The van der Waals surface area contributed by atoms with Gasteiger partial charge in [0, 0.05) is 5.54 Å². The Kier molecular flexibility index (Phi) is 4.74. The zero-order chi connectivity index (χ0) is 20.6. The van der Waals surface area contributed by atoms with Gasteiger partial charge in [0.1, 0.15) is 0 Å². The van der Waals surface area contributed by atoms with Crippen LogP contribution >= 0.6 is 0 Å². The molecule has 8 nitrogen and oxygen atoms in total. The average molecular weight is 395 g/mol. The molecule has 152 valence electrons. The SMILES string of the molecule is CN(C)C1(c2ccccc2)CCC2(CC1)CN(c1cnc(C(=O)O)nc1)C(=O)N2. The minimum Gasteiger partial charge on any atom is -0.475 e. The lowest BCUT2D eigenvalue weighted by molar-refractivity contribution is 0.0657. The number of anilines is 1. The predicted molar refractivity (Wildman–Crippen MR) is 108 cm³/mol. The van der Waals surface area contributed by atoms with E-state index < -0.39 is 5.97 Å². The average Bonchev–Trinajstić information content (AvgIpc) is 3.05. The molecule has 1 aliphatic heterocycles. The molecule has 29 heavy (non-hydrogen) atoms. The van der Waals surface area contributed by atoms with Gasteiger partial charge in [0.25, 0.3) is 0 Å². The van der Waals surface area contributed by atoms with Crippen LogP contribution in [0.3, 0.4) is 0 Å². The fraction of sp³-hybridized carbons (Fsp3) is 0.429. The predicted octanol–water partition coefficient (Wildman–Crippen LogP) is 2.47. The summed E-state index contributed by atoms with van der Waals surface area (Å²) < 4.78 is 0. The second-order valence-electron chi connectivity index (χ2n) is 8.16. The van der Waals surface area contributed by atoms with Crippen LogP contribution in [0, 0.1) is 0 Å². The summed E-state index contributed by atoms with van der Waals surface area (Å²) in [5.41, 5.74) is 1.48. The molecule has 1 saturated carbocycles. The number of aromatic nitrogens is 2. The third-order valence-electron chi connectivity index (χ3n) is 6.42. The molecule has 0 atom stereocenters. The Balaban J connectivity index is 1.53. The van der Waals surface area contributed by atoms with Gasteiger partial charge >= 0.3 is 12.0 Å². The van der Waals surface area contributed by atoms with E-state index in [2.05, 4.69) is 58.5 Å². The minimum absolute atomic E-state index is 0.0447. The lowest BCUT2D eigenvalue weighted by atomic mass is 9.69. The number of hydrogen-bond donors (Lipinski definition) is 2. The van der Waals surface area contributed by atoms with Crippen molar-refractivity contribution in [2.24, 2.45) is 0 Å². The number of amides is 2. The number of carbonyl (C=O) groups excluding carboxylic acids is 1. The second-order valence-corrected chi connectivity index (χ2v) is 8.16. The smallest absolute Gasteiger partial charge is 0.373 e. The number of benzene rings is 1. The van der Waals surface area contributed by atoms with Crippen molar-refractivity contribution in [1.29, 1.82) is 0 Å². The number of nitrogens with zero attached hydrogens (tertiary/aromatic N) is 4. The van der Waals surface area contributed by atoms with E-state index in [0.29, 0.717) is 12.2 Å². The Bertz CT molecular complexity index is 906. The van der Waals surface area contributed by atoms with Gasteiger partial charge in [-0.3, -0.25) is 9.80 Å². The Hall–Kier alpha value is -3.00. The third-order valence-corrected chi connectivity index (χ3v) is 6.42. The highest BCUT2D eigenvalue weighted by atomic mass is 16.4. The van der Waals surface area contributed by atoms with Crippen LogP contribution in [-0.4, -0.2) is 58.2 Å². The van der Waals surface area contributed by atoms with Crippen LogP contribution in [0.5, 0.6) is 0 Å². The highest BCUT2D eigenvalue weighted by Crippen LogP contribution is 2.46. The monoisotopic (exact) mass is 395 g/mol. The van der Waals surface area contributed by atoms with Crippen LogP contribution in [0.2, 0.25) is 0 Å². The number of urea groups is 1. The summed E-state index contributed by atoms with van der Waals surface area (Å²) in [5.74, 6) is -1.47. The molecule has 0 unspecified atom stereocenters. The zero-order valence-electron chi connectivity index (χ0n) is 16.6. The summed E-state index contributed by atoms with van der Waals surface area (Å²) >= 11 is 0. The van der Waals surface area contributed by atoms with Gasteiger partial charge in [0.15, 0.2) is 0 Å². The van der Waals surface area contributed by atoms with E-state index in [0.717, 1.165) is 25.7 Å². The molecule has 1 aromatic heterocycles. The standard InChI is InChI=1S/C21H25N5O3/c1-25(2)21(15-6-4-3-5-7-15)10-8-20(9-11-21)14-26(19(29)24-20)16-12-22-17(18(27)28)23-13-16/h3-7,12-13H,8-11,14H2,1-2H3,(H,24,29)(H,27,28). The maximum atomic E-state index is 12.7. The molecule has 1 saturated heterocycles. The summed E-state index contributed by atoms with van der Waals surface area (Å²) in [6.07, 6.45) is 6.38. The molecule has 2 N–H and O–H groups in total. The maximum absolute atomic E-state index is 12.7. The van der Waals surface area contributed by atoms with Crippen molar-refractivity contribution < 1.29 is 14.7 Å². The van der Waals surface area contributed by atoms with Gasteiger partial charge in [-0.1, -0.05) is 30.3 Å². The highest BCUT2D eigenvalue weighted by molar-refractivity contribution is 5.95. The van der Waals surface area contributed by atoms with Crippen LogP contribution < -0.4 is 10.2 Å². The molecular formula is C21H25N5O3. The van der Waals surface area contributed by atoms with Crippen LogP contribution in [0.15, 0.2) is 42.7 Å². The minimum atomic E-state index is -1.19. The Morgan fingerprint density at radius 2 is 1.72 bits per heavy atom. The Morgan fingerprint density at radius 1 is 1.10 bits per heavy atom. The fourth-order valence-corrected chi connectivity index (χ4v) is 4.66. The molecule has 0 bridgehead atoms. The van der Waals surface area contributed by atoms with Crippen LogP contribution in [0.25, 0.3) is 0 Å². The topological polar surface area (TPSA) is 98.7 Å². The summed E-state index contributed by atoms with van der Waals surface area (Å²) in [6, 6.07) is 10.4. The van der Waals surface area contributed by atoms with E-state index in [1.54, 1.807) is 4.90 Å². The summed E-state index contributed by atoms with van der Waals surface area (Å²) in [5, 5.41) is 12.1. The molecule has 8 heteroatoms. The molecule has 2 aliphatic rings. The van der Waals surface area contributed by atoms with Gasteiger partial charge in [0.05, 0.1) is 30.2 Å². The summed E-state index contributed by atoms with van der Waals surface area (Å²) in [7, 11) is 4.23. The van der Waals surface area contributed by atoms with Crippen molar-refractivity contribution in [3.05, 3.63) is 54.1 Å². The quantitative estimate of drug-likeness (QED) is 0.825. The molecule has 2 heterocycles. The molecule has 0 radical (unpaired) electrons. The van der Waals surface area contributed by atoms with E-state index in [4.69, 9.17) is 5.11 Å². The first-order valence-corrected chi connectivity index (χ1v) is 9.73. The molecule has 2 aromatic rings. The van der Waals surface area contributed by atoms with Gasteiger partial charge in [-0.25, -0.2) is 19.6 Å². The van der Waals surface area contributed by atoms with E-state index in [-0.39, 0.29) is 22.9 Å². The molecule has 2 fully saturated rings. The van der Waals surface area contributed by atoms with Gasteiger partial charge in [-0.05, 0) is 45.3 Å². The first-order chi connectivity index (χ1) is 13.9. The van der Waals surface area contributed by atoms with Crippen molar-refractivity contribution >= 4 is 17.7 Å². The Morgan fingerprint density at radius 3 is 2.28 bits per heavy atom. The van der Waals surface area contributed by atoms with Crippen LogP contribution in [-0.2, 0) is 5.54 Å². The van der Waals surface area contributed by atoms with Crippen molar-refractivity contribution in [3.8, 4) is 0 Å². The van der Waals surface area contributed by atoms with E-state index >= 15 is 0 Å². The van der Waals surface area contributed by atoms with Crippen LogP contribution in [0.4, 0.5) is 10.5 Å². The maximum Gasteiger partial charge on any atom is 0.373 e. The third kappa shape index (κ3) is 3.33. The van der Waals surface area contributed by atoms with Gasteiger partial charge < -0.3 is 10.4 Å². The number of aromatic carboxylic acids is 1. The van der Waals surface area contributed by atoms with Gasteiger partial charge in [-0.2, -0.15) is 0 Å². The molecule has 1 aromatic carbocycles. The summed E-state index contributed by atoms with van der Waals surface area (Å²) in [6.45, 7) is 0.528.